The Morgan fingerprint density at radius 2 is 1.72 bits per heavy atom. The zero-order valence-electron chi connectivity index (χ0n) is 16.7. The normalized spacial score (nSPS) is 15.5. The van der Waals surface area contributed by atoms with Crippen molar-refractivity contribution in [2.24, 2.45) is 0 Å². The molecule has 2 aromatic carbocycles. The Balaban J connectivity index is 1.52. The summed E-state index contributed by atoms with van der Waals surface area (Å²) in [6.07, 6.45) is 1.74. The fraction of sp³-hybridized carbons (Fsp3) is 0.391. The number of hydrogen-bond donors (Lipinski definition) is 2. The highest BCUT2D eigenvalue weighted by molar-refractivity contribution is 5.95. The maximum absolute atomic E-state index is 13.3. The number of carbonyl (C=O) groups is 2. The summed E-state index contributed by atoms with van der Waals surface area (Å²) in [5.74, 6) is -0.574. The van der Waals surface area contributed by atoms with Crippen LogP contribution in [0, 0.1) is 12.7 Å². The van der Waals surface area contributed by atoms with Crippen LogP contribution in [0.15, 0.2) is 48.5 Å². The van der Waals surface area contributed by atoms with Crippen molar-refractivity contribution in [3.05, 3.63) is 71.0 Å². The summed E-state index contributed by atoms with van der Waals surface area (Å²) >= 11 is 0. The molecule has 0 spiro atoms. The molecule has 3 rings (SSSR count). The Morgan fingerprint density at radius 1 is 1.03 bits per heavy atom. The molecule has 2 N–H and O–H groups in total. The lowest BCUT2D eigenvalue weighted by atomic mass is 9.74. The van der Waals surface area contributed by atoms with Gasteiger partial charge in [-0.3, -0.25) is 9.59 Å². The Hall–Kier alpha value is -2.73. The second-order valence-corrected chi connectivity index (χ2v) is 7.50. The Kier molecular flexibility index (Phi) is 6.99. The highest BCUT2D eigenvalue weighted by atomic mass is 19.1. The molecular weight excluding hydrogens is 371 g/mol. The molecule has 1 aliphatic heterocycles. The van der Waals surface area contributed by atoms with Crippen molar-refractivity contribution in [2.45, 2.75) is 31.6 Å². The molecule has 0 atom stereocenters. The molecule has 0 bridgehead atoms. The molecule has 0 radical (unpaired) electrons. The first-order chi connectivity index (χ1) is 14.0. The van der Waals surface area contributed by atoms with E-state index < -0.39 is 0 Å². The van der Waals surface area contributed by atoms with Crippen LogP contribution in [0.3, 0.4) is 0 Å². The lowest BCUT2D eigenvalue weighted by Gasteiger charge is -2.38. The first kappa shape index (κ1) is 21.0. The van der Waals surface area contributed by atoms with E-state index in [1.54, 1.807) is 18.2 Å². The minimum absolute atomic E-state index is 0.122. The monoisotopic (exact) mass is 398 g/mol. The van der Waals surface area contributed by atoms with E-state index in [1.165, 1.54) is 12.1 Å². The number of aryl methyl sites for hydroxylation is 1. The molecule has 6 heteroatoms. The second kappa shape index (κ2) is 9.65. The van der Waals surface area contributed by atoms with E-state index in [2.05, 4.69) is 10.6 Å². The summed E-state index contributed by atoms with van der Waals surface area (Å²) in [6, 6.07) is 13.8. The van der Waals surface area contributed by atoms with Crippen LogP contribution in [0.25, 0.3) is 0 Å². The highest BCUT2D eigenvalue weighted by Gasteiger charge is 2.34. The SMILES string of the molecule is Cc1ccccc1C(=O)NCCC(=O)NCC1(c2ccc(F)cc2)CCOCC1. The number of benzene rings is 2. The maximum atomic E-state index is 13.3. The highest BCUT2D eigenvalue weighted by Crippen LogP contribution is 2.34. The molecule has 0 saturated carbocycles. The van der Waals surface area contributed by atoms with Gasteiger partial charge in [0.25, 0.3) is 5.91 Å². The number of carbonyl (C=O) groups excluding carboxylic acids is 2. The van der Waals surface area contributed by atoms with Crippen molar-refractivity contribution in [3.8, 4) is 0 Å². The molecule has 2 amide bonds. The third-order valence-corrected chi connectivity index (χ3v) is 5.56. The van der Waals surface area contributed by atoms with Gasteiger partial charge in [0.15, 0.2) is 0 Å². The maximum Gasteiger partial charge on any atom is 0.251 e. The van der Waals surface area contributed by atoms with E-state index in [0.29, 0.717) is 25.3 Å². The molecule has 29 heavy (non-hydrogen) atoms. The van der Waals surface area contributed by atoms with E-state index in [-0.39, 0.29) is 36.0 Å². The molecule has 1 saturated heterocycles. The van der Waals surface area contributed by atoms with Crippen molar-refractivity contribution >= 4 is 11.8 Å². The molecular formula is C23H27FN2O3. The predicted molar refractivity (Wildman–Crippen MR) is 109 cm³/mol. The van der Waals surface area contributed by atoms with Gasteiger partial charge >= 0.3 is 0 Å². The summed E-state index contributed by atoms with van der Waals surface area (Å²) in [4.78, 5) is 24.6. The van der Waals surface area contributed by atoms with Crippen LogP contribution in [-0.2, 0) is 14.9 Å². The largest absolute Gasteiger partial charge is 0.381 e. The summed E-state index contributed by atoms with van der Waals surface area (Å²) in [5, 5.41) is 5.79. The molecule has 0 aliphatic carbocycles. The van der Waals surface area contributed by atoms with Crippen LogP contribution in [0.2, 0.25) is 0 Å². The quantitative estimate of drug-likeness (QED) is 0.753. The van der Waals surface area contributed by atoms with Gasteiger partial charge in [-0.25, -0.2) is 4.39 Å². The van der Waals surface area contributed by atoms with Gasteiger partial charge in [-0.1, -0.05) is 30.3 Å². The van der Waals surface area contributed by atoms with Crippen molar-refractivity contribution in [2.75, 3.05) is 26.3 Å². The van der Waals surface area contributed by atoms with Gasteiger partial charge in [0.05, 0.1) is 0 Å². The summed E-state index contributed by atoms with van der Waals surface area (Å²) in [5.41, 5.74) is 2.27. The van der Waals surface area contributed by atoms with Crippen LogP contribution in [-0.4, -0.2) is 38.1 Å². The summed E-state index contributed by atoms with van der Waals surface area (Å²) in [6.45, 7) is 3.84. The van der Waals surface area contributed by atoms with E-state index in [1.807, 2.05) is 25.1 Å². The number of rotatable bonds is 7. The standard InChI is InChI=1S/C23H27FN2O3/c1-17-4-2-3-5-20(17)22(28)25-13-10-21(27)26-16-23(11-14-29-15-12-23)18-6-8-19(24)9-7-18/h2-9H,10-16H2,1H3,(H,25,28)(H,26,27). The molecule has 5 nitrogen and oxygen atoms in total. The van der Waals surface area contributed by atoms with Crippen molar-refractivity contribution < 1.29 is 18.7 Å². The van der Waals surface area contributed by atoms with Crippen molar-refractivity contribution in [1.82, 2.24) is 10.6 Å². The van der Waals surface area contributed by atoms with Crippen LogP contribution in [0.1, 0.15) is 40.7 Å². The van der Waals surface area contributed by atoms with Gasteiger partial charge in [0.2, 0.25) is 5.91 Å². The molecule has 1 fully saturated rings. The van der Waals surface area contributed by atoms with Crippen molar-refractivity contribution in [3.63, 3.8) is 0 Å². The minimum Gasteiger partial charge on any atom is -0.381 e. The lowest BCUT2D eigenvalue weighted by Crippen LogP contribution is -2.45. The zero-order chi connectivity index (χ0) is 20.7. The first-order valence-electron chi connectivity index (χ1n) is 9.94. The third-order valence-electron chi connectivity index (χ3n) is 5.56. The van der Waals surface area contributed by atoms with Crippen LogP contribution in [0.4, 0.5) is 4.39 Å². The number of nitrogens with one attached hydrogen (secondary N) is 2. The van der Waals surface area contributed by atoms with Gasteiger partial charge in [-0.2, -0.15) is 0 Å². The van der Waals surface area contributed by atoms with E-state index in [0.717, 1.165) is 24.0 Å². The predicted octanol–water partition coefficient (Wildman–Crippen LogP) is 3.12. The Morgan fingerprint density at radius 3 is 2.41 bits per heavy atom. The number of hydrogen-bond acceptors (Lipinski definition) is 3. The van der Waals surface area contributed by atoms with Crippen LogP contribution < -0.4 is 10.6 Å². The zero-order valence-corrected chi connectivity index (χ0v) is 16.7. The topological polar surface area (TPSA) is 67.4 Å². The number of halogens is 1. The second-order valence-electron chi connectivity index (χ2n) is 7.50. The fourth-order valence-electron chi connectivity index (χ4n) is 3.70. The van der Waals surface area contributed by atoms with Crippen molar-refractivity contribution in [1.29, 1.82) is 0 Å². The molecule has 154 valence electrons. The molecule has 1 aliphatic rings. The Labute approximate surface area is 170 Å². The first-order valence-corrected chi connectivity index (χ1v) is 9.94. The van der Waals surface area contributed by atoms with Crippen LogP contribution in [0.5, 0.6) is 0 Å². The average molecular weight is 398 g/mol. The van der Waals surface area contributed by atoms with Gasteiger partial charge in [-0.05, 0) is 49.1 Å². The third kappa shape index (κ3) is 5.41. The molecule has 1 heterocycles. The van der Waals surface area contributed by atoms with Gasteiger partial charge < -0.3 is 15.4 Å². The van der Waals surface area contributed by atoms with Gasteiger partial charge in [-0.15, -0.1) is 0 Å². The average Bonchev–Trinajstić information content (AvgIpc) is 2.73. The van der Waals surface area contributed by atoms with E-state index in [4.69, 9.17) is 4.74 Å². The van der Waals surface area contributed by atoms with E-state index >= 15 is 0 Å². The van der Waals surface area contributed by atoms with E-state index in [9.17, 15) is 14.0 Å². The molecule has 0 unspecified atom stereocenters. The fourth-order valence-corrected chi connectivity index (χ4v) is 3.70. The Bertz CT molecular complexity index is 845. The van der Waals surface area contributed by atoms with Crippen LogP contribution >= 0.6 is 0 Å². The number of ether oxygens (including phenoxy) is 1. The summed E-state index contributed by atoms with van der Waals surface area (Å²) in [7, 11) is 0. The molecule has 0 aromatic heterocycles. The lowest BCUT2D eigenvalue weighted by molar-refractivity contribution is -0.121. The number of amides is 2. The van der Waals surface area contributed by atoms with Gasteiger partial charge in [0, 0.05) is 43.7 Å². The molecule has 2 aromatic rings. The van der Waals surface area contributed by atoms with Gasteiger partial charge in [0.1, 0.15) is 5.82 Å². The smallest absolute Gasteiger partial charge is 0.251 e. The minimum atomic E-state index is -0.274. The summed E-state index contributed by atoms with van der Waals surface area (Å²) < 4.78 is 18.8.